The molecule has 0 saturated heterocycles. The van der Waals surface area contributed by atoms with E-state index in [1.165, 1.54) is 22.3 Å². The largest absolute Gasteiger partial charge is 0.503 e. The molecule has 3 aromatic carbocycles. The van der Waals surface area contributed by atoms with E-state index in [-0.39, 0.29) is 5.57 Å². The van der Waals surface area contributed by atoms with Gasteiger partial charge in [0.05, 0.1) is 11.6 Å². The van der Waals surface area contributed by atoms with Gasteiger partial charge in [0.2, 0.25) is 0 Å². The average molecular weight is 495 g/mol. The molecule has 1 unspecified atom stereocenters. The maximum atomic E-state index is 13.3. The van der Waals surface area contributed by atoms with Gasteiger partial charge in [-0.05, 0) is 34.9 Å². The van der Waals surface area contributed by atoms with Crippen LogP contribution < -0.4 is 9.64 Å². The van der Waals surface area contributed by atoms with E-state index >= 15 is 0 Å². The van der Waals surface area contributed by atoms with Crippen molar-refractivity contribution in [3.05, 3.63) is 131 Å². The highest BCUT2D eigenvalue weighted by Crippen LogP contribution is 2.42. The predicted octanol–water partition coefficient (Wildman–Crippen LogP) is 5.90. The summed E-state index contributed by atoms with van der Waals surface area (Å²) in [6.45, 7) is 0.419. The summed E-state index contributed by atoms with van der Waals surface area (Å²) >= 11 is 1.26. The van der Waals surface area contributed by atoms with Crippen LogP contribution in [0.25, 0.3) is 6.08 Å². The number of hydrogen-bond donors (Lipinski definition) is 1. The van der Waals surface area contributed by atoms with E-state index in [1.807, 2.05) is 60.7 Å². The van der Waals surface area contributed by atoms with Crippen molar-refractivity contribution in [2.75, 3.05) is 4.90 Å². The third-order valence-electron chi connectivity index (χ3n) is 5.77. The second kappa shape index (κ2) is 10.4. The van der Waals surface area contributed by atoms with E-state index in [1.54, 1.807) is 41.9 Å². The van der Waals surface area contributed by atoms with Crippen LogP contribution in [-0.4, -0.2) is 21.8 Å². The number of aliphatic hydroxyl groups is 1. The van der Waals surface area contributed by atoms with Gasteiger partial charge < -0.3 is 9.84 Å². The molecule has 0 bridgehead atoms. The van der Waals surface area contributed by atoms with Crippen LogP contribution in [-0.2, 0) is 16.2 Å². The first kappa shape index (κ1) is 23.3. The van der Waals surface area contributed by atoms with E-state index in [0.717, 1.165) is 11.1 Å². The fourth-order valence-electron chi connectivity index (χ4n) is 4.02. The standard InChI is InChI=1S/C29H22N2O4S/c32-24(16-11-20-7-3-1-4-8-20)25-26(31(28(34)27(25)33)29-30-17-18-36-29)22-12-14-23(15-13-22)35-19-21-9-5-2-6-10-21/h1-18,26,33H,19H2. The molecule has 1 aliphatic heterocycles. The topological polar surface area (TPSA) is 79.7 Å². The molecule has 5 rings (SSSR count). The lowest BCUT2D eigenvalue weighted by Gasteiger charge is -2.24. The minimum absolute atomic E-state index is 0.0142. The van der Waals surface area contributed by atoms with Crippen molar-refractivity contribution >= 4 is 34.2 Å². The number of nitrogens with zero attached hydrogens (tertiary/aromatic N) is 2. The van der Waals surface area contributed by atoms with Crippen molar-refractivity contribution in [1.29, 1.82) is 0 Å². The number of thiazole rings is 1. The molecule has 0 spiro atoms. The molecule has 7 heteroatoms. The normalized spacial score (nSPS) is 15.6. The molecule has 1 aromatic heterocycles. The molecule has 6 nitrogen and oxygen atoms in total. The van der Waals surface area contributed by atoms with Crippen molar-refractivity contribution in [2.45, 2.75) is 12.6 Å². The van der Waals surface area contributed by atoms with Gasteiger partial charge in [-0.1, -0.05) is 78.9 Å². The third kappa shape index (κ3) is 4.82. The number of amides is 1. The van der Waals surface area contributed by atoms with Gasteiger partial charge in [0.15, 0.2) is 16.7 Å². The van der Waals surface area contributed by atoms with Gasteiger partial charge in [0, 0.05) is 11.6 Å². The Bertz CT molecular complexity index is 1410. The number of allylic oxidation sites excluding steroid dienone is 1. The van der Waals surface area contributed by atoms with Gasteiger partial charge >= 0.3 is 0 Å². The summed E-state index contributed by atoms with van der Waals surface area (Å²) in [5, 5.41) is 12.9. The fraction of sp³-hybridized carbons (Fsp3) is 0.0690. The van der Waals surface area contributed by atoms with Crippen LogP contribution in [0.2, 0.25) is 0 Å². The second-order valence-electron chi connectivity index (χ2n) is 8.11. The summed E-state index contributed by atoms with van der Waals surface area (Å²) < 4.78 is 5.88. The van der Waals surface area contributed by atoms with Crippen LogP contribution in [0.3, 0.4) is 0 Å². The van der Waals surface area contributed by atoms with Gasteiger partial charge in [0.1, 0.15) is 12.4 Å². The number of benzene rings is 3. The lowest BCUT2D eigenvalue weighted by molar-refractivity contribution is -0.117. The minimum Gasteiger partial charge on any atom is -0.503 e. The van der Waals surface area contributed by atoms with E-state index in [9.17, 15) is 14.7 Å². The molecular formula is C29H22N2O4S. The smallest absolute Gasteiger partial charge is 0.296 e. The molecule has 0 saturated carbocycles. The summed E-state index contributed by atoms with van der Waals surface area (Å²) in [6, 6.07) is 25.5. The molecule has 178 valence electrons. The maximum absolute atomic E-state index is 13.3. The Morgan fingerprint density at radius 3 is 2.36 bits per heavy atom. The summed E-state index contributed by atoms with van der Waals surface area (Å²) in [4.78, 5) is 32.0. The monoisotopic (exact) mass is 494 g/mol. The van der Waals surface area contributed by atoms with E-state index in [2.05, 4.69) is 4.98 Å². The van der Waals surface area contributed by atoms with Crippen molar-refractivity contribution in [2.24, 2.45) is 0 Å². The van der Waals surface area contributed by atoms with Crippen LogP contribution in [0.1, 0.15) is 22.7 Å². The SMILES string of the molecule is O=C(C=Cc1ccccc1)C1=C(O)C(=O)N(c2nccs2)C1c1ccc(OCc2ccccc2)cc1. The molecule has 4 aromatic rings. The molecule has 0 fully saturated rings. The molecule has 1 aliphatic rings. The Labute approximate surface area is 212 Å². The number of ketones is 1. The van der Waals surface area contributed by atoms with Crippen molar-refractivity contribution in [1.82, 2.24) is 4.98 Å². The number of carbonyl (C=O) groups is 2. The Morgan fingerprint density at radius 1 is 1.00 bits per heavy atom. The Kier molecular flexibility index (Phi) is 6.73. The number of hydrogen-bond acceptors (Lipinski definition) is 6. The van der Waals surface area contributed by atoms with Crippen molar-refractivity contribution in [3.8, 4) is 5.75 Å². The maximum Gasteiger partial charge on any atom is 0.296 e. The lowest BCUT2D eigenvalue weighted by atomic mass is 9.95. The quantitative estimate of drug-likeness (QED) is 0.308. The lowest BCUT2D eigenvalue weighted by Crippen LogP contribution is -2.30. The van der Waals surface area contributed by atoms with E-state index < -0.39 is 23.5 Å². The van der Waals surface area contributed by atoms with Gasteiger partial charge in [-0.3, -0.25) is 14.5 Å². The van der Waals surface area contributed by atoms with Crippen molar-refractivity contribution < 1.29 is 19.4 Å². The Morgan fingerprint density at radius 2 is 1.69 bits per heavy atom. The molecule has 36 heavy (non-hydrogen) atoms. The van der Waals surface area contributed by atoms with Gasteiger partial charge in [-0.15, -0.1) is 11.3 Å². The zero-order valence-corrected chi connectivity index (χ0v) is 20.0. The van der Waals surface area contributed by atoms with Crippen LogP contribution in [0.15, 0.2) is 114 Å². The first-order valence-corrected chi connectivity index (χ1v) is 12.2. The zero-order chi connectivity index (χ0) is 24.9. The molecule has 1 N–H and O–H groups in total. The number of aromatic nitrogens is 1. The van der Waals surface area contributed by atoms with Crippen molar-refractivity contribution in [3.63, 3.8) is 0 Å². The summed E-state index contributed by atoms with van der Waals surface area (Å²) in [6.07, 6.45) is 4.62. The first-order chi connectivity index (χ1) is 17.6. The summed E-state index contributed by atoms with van der Waals surface area (Å²) in [5.74, 6) is -1.02. The highest BCUT2D eigenvalue weighted by atomic mass is 32.1. The number of rotatable bonds is 8. The predicted molar refractivity (Wildman–Crippen MR) is 140 cm³/mol. The third-order valence-corrected chi connectivity index (χ3v) is 6.54. The molecule has 1 atom stereocenters. The molecular weight excluding hydrogens is 472 g/mol. The van der Waals surface area contributed by atoms with E-state index in [0.29, 0.717) is 23.1 Å². The summed E-state index contributed by atoms with van der Waals surface area (Å²) in [7, 11) is 0. The van der Waals surface area contributed by atoms with Crippen LogP contribution in [0.4, 0.5) is 5.13 Å². The van der Waals surface area contributed by atoms with Crippen LogP contribution >= 0.6 is 11.3 Å². The molecule has 0 aliphatic carbocycles. The van der Waals surface area contributed by atoms with Gasteiger partial charge in [-0.2, -0.15) is 0 Å². The highest BCUT2D eigenvalue weighted by Gasteiger charge is 2.44. The molecule has 0 radical (unpaired) electrons. The fourth-order valence-corrected chi connectivity index (χ4v) is 4.68. The number of carbonyl (C=O) groups excluding carboxylic acids is 2. The number of anilines is 1. The average Bonchev–Trinajstić information content (AvgIpc) is 3.54. The zero-order valence-electron chi connectivity index (χ0n) is 19.2. The highest BCUT2D eigenvalue weighted by molar-refractivity contribution is 7.13. The minimum atomic E-state index is -0.820. The van der Waals surface area contributed by atoms with E-state index in [4.69, 9.17) is 4.74 Å². The number of aliphatic hydroxyl groups excluding tert-OH is 1. The summed E-state index contributed by atoms with van der Waals surface area (Å²) in [5.41, 5.74) is 2.55. The first-order valence-electron chi connectivity index (χ1n) is 11.3. The van der Waals surface area contributed by atoms with Crippen LogP contribution in [0.5, 0.6) is 5.75 Å². The Hall–Kier alpha value is -4.49. The molecule has 2 heterocycles. The van der Waals surface area contributed by atoms with Gasteiger partial charge in [-0.25, -0.2) is 4.98 Å². The number of ether oxygens (including phenoxy) is 1. The van der Waals surface area contributed by atoms with Crippen LogP contribution in [0, 0.1) is 0 Å². The second-order valence-corrected chi connectivity index (χ2v) is 8.98. The van der Waals surface area contributed by atoms with Gasteiger partial charge in [0.25, 0.3) is 5.91 Å². The molecule has 1 amide bonds. The Balaban J connectivity index is 1.45.